The van der Waals surface area contributed by atoms with E-state index in [9.17, 15) is 22.8 Å². The molecule has 1 aromatic carbocycles. The van der Waals surface area contributed by atoms with E-state index in [2.05, 4.69) is 10.4 Å². The van der Waals surface area contributed by atoms with Crippen LogP contribution in [0.15, 0.2) is 59.2 Å². The summed E-state index contributed by atoms with van der Waals surface area (Å²) in [5, 5.41) is 8.33. The van der Waals surface area contributed by atoms with Gasteiger partial charge in [-0.1, -0.05) is 18.2 Å². The highest BCUT2D eigenvalue weighted by Gasteiger charge is 2.27. The molecule has 0 spiro atoms. The third kappa shape index (κ3) is 4.78. The van der Waals surface area contributed by atoms with Crippen LogP contribution in [-0.2, 0) is 4.79 Å². The van der Waals surface area contributed by atoms with Gasteiger partial charge in [0.15, 0.2) is 5.76 Å². The highest BCUT2D eigenvalue weighted by molar-refractivity contribution is 5.96. The van der Waals surface area contributed by atoms with Crippen molar-refractivity contribution in [3.05, 3.63) is 60.5 Å². The number of amides is 2. The molecule has 2 amide bonds. The molecule has 10 heteroatoms. The zero-order valence-electron chi connectivity index (χ0n) is 14.4. The molecule has 0 atom stereocenters. The molecule has 146 valence electrons. The molecule has 0 radical (unpaired) electrons. The predicted octanol–water partition coefficient (Wildman–Crippen LogP) is 2.54. The average molecular weight is 392 g/mol. The topological polar surface area (TPSA) is 89.2 Å². The van der Waals surface area contributed by atoms with Crippen LogP contribution in [0.4, 0.5) is 13.2 Å². The summed E-state index contributed by atoms with van der Waals surface area (Å²) < 4.78 is 43.1. The summed E-state index contributed by atoms with van der Waals surface area (Å²) >= 11 is 0. The number of nitrogens with one attached hydrogen (secondary N) is 2. The molecule has 7 nitrogen and oxygen atoms in total. The van der Waals surface area contributed by atoms with E-state index in [0.29, 0.717) is 17.1 Å². The van der Waals surface area contributed by atoms with Crippen LogP contribution in [0.1, 0.15) is 10.5 Å². The number of carbonyl (C=O) groups excluding carboxylic acids is 2. The number of benzene rings is 1. The van der Waals surface area contributed by atoms with Crippen molar-refractivity contribution in [1.29, 1.82) is 0 Å². The van der Waals surface area contributed by atoms with E-state index in [1.54, 1.807) is 47.8 Å². The van der Waals surface area contributed by atoms with Gasteiger partial charge in [0.05, 0.1) is 18.5 Å². The van der Waals surface area contributed by atoms with Crippen molar-refractivity contribution >= 4 is 11.8 Å². The van der Waals surface area contributed by atoms with Crippen molar-refractivity contribution in [3.63, 3.8) is 0 Å². The number of nitrogens with zero attached hydrogens (tertiary/aromatic N) is 2. The Morgan fingerprint density at radius 1 is 1.07 bits per heavy atom. The van der Waals surface area contributed by atoms with Crippen LogP contribution in [0, 0.1) is 0 Å². The summed E-state index contributed by atoms with van der Waals surface area (Å²) in [6, 6.07) is 13.6. The molecule has 2 N–H and O–H groups in total. The fourth-order valence-electron chi connectivity index (χ4n) is 2.37. The summed E-state index contributed by atoms with van der Waals surface area (Å²) in [6.07, 6.45) is -3.06. The van der Waals surface area contributed by atoms with Gasteiger partial charge in [0, 0.05) is 6.07 Å². The molecular formula is C18H15F3N4O3. The maximum atomic E-state index is 12.5. The molecule has 3 rings (SSSR count). The van der Waals surface area contributed by atoms with Gasteiger partial charge in [-0.2, -0.15) is 18.3 Å². The van der Waals surface area contributed by atoms with Gasteiger partial charge in [0.1, 0.15) is 17.9 Å². The Balaban J connectivity index is 1.78. The number of furan rings is 1. The molecule has 0 aliphatic heterocycles. The lowest BCUT2D eigenvalue weighted by molar-refractivity contribution is -0.137. The van der Waals surface area contributed by atoms with Crippen molar-refractivity contribution in [2.45, 2.75) is 6.18 Å². The van der Waals surface area contributed by atoms with Crippen molar-refractivity contribution in [1.82, 2.24) is 20.4 Å². The lowest BCUT2D eigenvalue weighted by Gasteiger charge is -2.10. The van der Waals surface area contributed by atoms with E-state index in [4.69, 9.17) is 4.42 Å². The Hall–Kier alpha value is -3.56. The van der Waals surface area contributed by atoms with E-state index in [0.717, 1.165) is 0 Å². The second kappa shape index (κ2) is 7.99. The van der Waals surface area contributed by atoms with E-state index in [1.165, 1.54) is 17.0 Å². The number of alkyl halides is 3. The number of hydrogen-bond acceptors (Lipinski definition) is 4. The van der Waals surface area contributed by atoms with E-state index in [-0.39, 0.29) is 5.69 Å². The Morgan fingerprint density at radius 2 is 1.82 bits per heavy atom. The first-order chi connectivity index (χ1) is 13.3. The van der Waals surface area contributed by atoms with Gasteiger partial charge in [-0.25, -0.2) is 4.68 Å². The lowest BCUT2D eigenvalue weighted by Crippen LogP contribution is -2.41. The van der Waals surface area contributed by atoms with Crippen molar-refractivity contribution in [2.24, 2.45) is 0 Å². The highest BCUT2D eigenvalue weighted by atomic mass is 19.4. The van der Waals surface area contributed by atoms with Gasteiger partial charge >= 0.3 is 6.18 Å². The van der Waals surface area contributed by atoms with Crippen LogP contribution in [0.25, 0.3) is 17.1 Å². The lowest BCUT2D eigenvalue weighted by atomic mass is 10.2. The Morgan fingerprint density at radius 3 is 2.46 bits per heavy atom. The monoisotopic (exact) mass is 392 g/mol. The summed E-state index contributed by atoms with van der Waals surface area (Å²) in [6.45, 7) is -2.07. The normalized spacial score (nSPS) is 11.2. The smallest absolute Gasteiger partial charge is 0.405 e. The summed E-state index contributed by atoms with van der Waals surface area (Å²) in [7, 11) is 0. The van der Waals surface area contributed by atoms with Crippen LogP contribution < -0.4 is 10.6 Å². The predicted molar refractivity (Wildman–Crippen MR) is 92.7 cm³/mol. The van der Waals surface area contributed by atoms with Crippen LogP contribution in [0.5, 0.6) is 0 Å². The molecule has 0 aliphatic carbocycles. The van der Waals surface area contributed by atoms with Crippen LogP contribution in [0.3, 0.4) is 0 Å². The quantitative estimate of drug-likeness (QED) is 0.675. The Labute approximate surface area is 157 Å². The molecule has 0 unspecified atom stereocenters. The zero-order valence-corrected chi connectivity index (χ0v) is 14.4. The van der Waals surface area contributed by atoms with Gasteiger partial charge in [0.25, 0.3) is 5.91 Å². The Bertz CT molecular complexity index is 950. The molecule has 2 aromatic heterocycles. The molecular weight excluding hydrogens is 377 g/mol. The SMILES string of the molecule is O=C(CNC(=O)c1cc(-c2ccco2)nn1-c1ccccc1)NCC(F)(F)F. The average Bonchev–Trinajstić information content (AvgIpc) is 3.34. The van der Waals surface area contributed by atoms with Crippen LogP contribution in [-0.4, -0.2) is 40.9 Å². The van der Waals surface area contributed by atoms with Gasteiger partial charge < -0.3 is 15.1 Å². The summed E-state index contributed by atoms with van der Waals surface area (Å²) in [5.74, 6) is -1.19. The zero-order chi connectivity index (χ0) is 20.1. The van der Waals surface area contributed by atoms with Crippen molar-refractivity contribution in [2.75, 3.05) is 13.1 Å². The second-order valence-electron chi connectivity index (χ2n) is 5.71. The molecule has 28 heavy (non-hydrogen) atoms. The third-order valence-electron chi connectivity index (χ3n) is 3.61. The van der Waals surface area contributed by atoms with Gasteiger partial charge in [-0.05, 0) is 24.3 Å². The fraction of sp³-hybridized carbons (Fsp3) is 0.167. The Kier molecular flexibility index (Phi) is 5.48. The van der Waals surface area contributed by atoms with Crippen molar-refractivity contribution < 1.29 is 27.2 Å². The number of hydrogen-bond donors (Lipinski definition) is 2. The summed E-state index contributed by atoms with van der Waals surface area (Å²) in [4.78, 5) is 24.0. The highest BCUT2D eigenvalue weighted by Crippen LogP contribution is 2.22. The molecule has 0 aliphatic rings. The van der Waals surface area contributed by atoms with Crippen molar-refractivity contribution in [3.8, 4) is 17.1 Å². The number of aromatic nitrogens is 2. The van der Waals surface area contributed by atoms with E-state index < -0.39 is 31.1 Å². The first-order valence-corrected chi connectivity index (χ1v) is 8.14. The molecule has 0 saturated carbocycles. The number of rotatable bonds is 6. The third-order valence-corrected chi connectivity index (χ3v) is 3.61. The largest absolute Gasteiger partial charge is 0.463 e. The van der Waals surface area contributed by atoms with Gasteiger partial charge in [-0.3, -0.25) is 9.59 Å². The maximum absolute atomic E-state index is 12.5. The van der Waals surface area contributed by atoms with E-state index in [1.807, 2.05) is 0 Å². The molecule has 0 bridgehead atoms. The number of para-hydroxylation sites is 1. The maximum Gasteiger partial charge on any atom is 0.405 e. The minimum absolute atomic E-state index is 0.0984. The standard InChI is InChI=1S/C18H15F3N4O3/c19-18(20,21)11-23-16(26)10-22-17(27)14-9-13(15-7-4-8-28-15)24-25(14)12-5-2-1-3-6-12/h1-9H,10-11H2,(H,22,27)(H,23,26). The van der Waals surface area contributed by atoms with Gasteiger partial charge in [0.2, 0.25) is 5.91 Å². The molecule has 3 aromatic rings. The number of halogens is 3. The molecule has 2 heterocycles. The second-order valence-corrected chi connectivity index (χ2v) is 5.71. The molecule has 0 fully saturated rings. The van der Waals surface area contributed by atoms with Gasteiger partial charge in [-0.15, -0.1) is 0 Å². The fourth-order valence-corrected chi connectivity index (χ4v) is 2.37. The van der Waals surface area contributed by atoms with Crippen LogP contribution in [0.2, 0.25) is 0 Å². The molecule has 0 saturated heterocycles. The first kappa shape index (κ1) is 19.2. The minimum Gasteiger partial charge on any atom is -0.463 e. The first-order valence-electron chi connectivity index (χ1n) is 8.14. The number of carbonyl (C=O) groups is 2. The van der Waals surface area contributed by atoms with Crippen LogP contribution >= 0.6 is 0 Å². The van der Waals surface area contributed by atoms with E-state index >= 15 is 0 Å². The minimum atomic E-state index is -4.52. The summed E-state index contributed by atoms with van der Waals surface area (Å²) in [5.41, 5.74) is 1.08.